The zero-order valence-corrected chi connectivity index (χ0v) is 34.2. The number of alkyl halides is 2. The Labute approximate surface area is 356 Å². The first-order chi connectivity index (χ1) is 30.2. The van der Waals surface area contributed by atoms with Crippen molar-refractivity contribution in [2.75, 3.05) is 49.6 Å². The average Bonchev–Trinajstić information content (AvgIpc) is 4.11. The summed E-state index contributed by atoms with van der Waals surface area (Å²) >= 11 is 0. The molecule has 1 saturated carbocycles. The van der Waals surface area contributed by atoms with Crippen molar-refractivity contribution in [3.05, 3.63) is 77.6 Å². The molecule has 1 aromatic carbocycles. The molecule has 4 aliphatic heterocycles. The van der Waals surface area contributed by atoms with Gasteiger partial charge in [0.2, 0.25) is 11.8 Å². The highest BCUT2D eigenvalue weighted by atomic mass is 19.3. The highest BCUT2D eigenvalue weighted by molar-refractivity contribution is 6.08. The third-order valence-corrected chi connectivity index (χ3v) is 13.3. The lowest BCUT2D eigenvalue weighted by Gasteiger charge is -2.36. The number of aromatic nitrogens is 6. The molecule has 4 saturated heterocycles. The molecule has 5 fully saturated rings. The first-order valence-corrected chi connectivity index (χ1v) is 21.7. The lowest BCUT2D eigenvalue weighted by molar-refractivity contribution is -0.134. The summed E-state index contributed by atoms with van der Waals surface area (Å²) in [4.78, 5) is 51.6. The standard InChI is InChI=1S/C45H48F2N10O5/c46-42(47)41-38(50-45(60)37-22-49-56-17-14-39(51-43(37)56)55-24-32-19-30(55)26-62-32)25-57(53-41)29-8-6-27(7-9-29)23-54-15-12-31(13-16-54)61-18-2-4-28-3-1-5-33-35(28)20-48-21-36(33)34-10-11-40(58)52-44(34)59/h1,3,5,14,17,20-22,25,27,29-32,34,42H,6-13,15-16,18-19,23-24,26H2,(H,50,60)(H,52,58,59)/t27?,29?,30-,32-,34?/m1/s1. The van der Waals surface area contributed by atoms with Gasteiger partial charge < -0.3 is 24.6 Å². The van der Waals surface area contributed by atoms with Crippen LogP contribution in [0.1, 0.15) is 103 Å². The lowest BCUT2D eigenvalue weighted by atomic mass is 9.85. The number of morpholine rings is 1. The number of amides is 3. The van der Waals surface area contributed by atoms with Crippen LogP contribution < -0.4 is 15.5 Å². The molecule has 3 atom stereocenters. The molecule has 0 radical (unpaired) electrons. The predicted octanol–water partition coefficient (Wildman–Crippen LogP) is 5.43. The van der Waals surface area contributed by atoms with Crippen LogP contribution in [0.15, 0.2) is 55.2 Å². The van der Waals surface area contributed by atoms with Gasteiger partial charge >= 0.3 is 0 Å². The van der Waals surface area contributed by atoms with E-state index in [-0.39, 0.29) is 47.4 Å². The van der Waals surface area contributed by atoms with E-state index in [9.17, 15) is 23.2 Å². The van der Waals surface area contributed by atoms with E-state index < -0.39 is 23.9 Å². The summed E-state index contributed by atoms with van der Waals surface area (Å²) in [6.07, 6.45) is 12.8. The molecule has 15 nitrogen and oxygen atoms in total. The minimum absolute atomic E-state index is 0.000756. The highest BCUT2D eigenvalue weighted by Crippen LogP contribution is 2.37. The van der Waals surface area contributed by atoms with Crippen molar-refractivity contribution in [3.8, 4) is 11.8 Å². The summed E-state index contributed by atoms with van der Waals surface area (Å²) in [6, 6.07) is 7.91. The second-order valence-corrected chi connectivity index (χ2v) is 17.2. The third-order valence-electron chi connectivity index (χ3n) is 13.3. The number of halogens is 2. The molecule has 2 N–H and O–H groups in total. The maximum Gasteiger partial charge on any atom is 0.284 e. The molecule has 3 amide bonds. The Balaban J connectivity index is 0.694. The van der Waals surface area contributed by atoms with E-state index in [2.05, 4.69) is 47.5 Å². The van der Waals surface area contributed by atoms with Crippen LogP contribution in [-0.2, 0) is 19.1 Å². The quantitative estimate of drug-likeness (QED) is 0.136. The fourth-order valence-electron chi connectivity index (χ4n) is 10.0. The minimum Gasteiger partial charge on any atom is -0.374 e. The maximum absolute atomic E-state index is 14.3. The zero-order chi connectivity index (χ0) is 42.3. The number of likely N-dealkylation sites (tertiary alicyclic amines) is 1. The number of nitrogens with zero attached hydrogens (tertiary/aromatic N) is 8. The van der Waals surface area contributed by atoms with Crippen molar-refractivity contribution in [3.63, 3.8) is 0 Å². The predicted molar refractivity (Wildman–Crippen MR) is 224 cm³/mol. The highest BCUT2D eigenvalue weighted by Gasteiger charge is 2.40. The number of ether oxygens (including phenoxy) is 2. The summed E-state index contributed by atoms with van der Waals surface area (Å²) in [5, 5.41) is 15.5. The average molecular weight is 847 g/mol. The van der Waals surface area contributed by atoms with Crippen LogP contribution in [0, 0.1) is 17.8 Å². The van der Waals surface area contributed by atoms with Gasteiger partial charge in [-0.05, 0) is 80.4 Å². The number of fused-ring (bicyclic) bond motifs is 4. The van der Waals surface area contributed by atoms with Crippen LogP contribution in [0.5, 0.6) is 0 Å². The van der Waals surface area contributed by atoms with E-state index in [4.69, 9.17) is 14.5 Å². The third kappa shape index (κ3) is 8.14. The van der Waals surface area contributed by atoms with Gasteiger partial charge in [0.25, 0.3) is 12.3 Å². The normalized spacial score (nSPS) is 24.5. The second-order valence-electron chi connectivity index (χ2n) is 17.2. The van der Waals surface area contributed by atoms with Gasteiger partial charge in [0.15, 0.2) is 11.3 Å². The van der Waals surface area contributed by atoms with Crippen molar-refractivity contribution in [1.82, 2.24) is 39.6 Å². The van der Waals surface area contributed by atoms with Crippen molar-refractivity contribution >= 4 is 45.6 Å². The Kier molecular flexibility index (Phi) is 11.1. The number of imide groups is 1. The Morgan fingerprint density at radius 2 is 1.87 bits per heavy atom. The van der Waals surface area contributed by atoms with Gasteiger partial charge in [-0.3, -0.25) is 29.4 Å². The van der Waals surface area contributed by atoms with E-state index in [0.717, 1.165) is 98.8 Å². The smallest absolute Gasteiger partial charge is 0.284 e. The van der Waals surface area contributed by atoms with Gasteiger partial charge in [0.1, 0.15) is 18.0 Å². The fraction of sp³-hybridized carbons (Fsp3) is 0.489. The molecule has 5 aromatic rings. The Morgan fingerprint density at radius 1 is 1.02 bits per heavy atom. The van der Waals surface area contributed by atoms with Crippen LogP contribution in [0.25, 0.3) is 16.4 Å². The molecular formula is C45H48F2N10O5. The van der Waals surface area contributed by atoms with Gasteiger partial charge in [-0.25, -0.2) is 18.3 Å². The summed E-state index contributed by atoms with van der Waals surface area (Å²) in [5.41, 5.74) is 1.73. The van der Waals surface area contributed by atoms with Crippen molar-refractivity contribution in [2.45, 2.75) is 94.4 Å². The van der Waals surface area contributed by atoms with Crippen LogP contribution in [0.2, 0.25) is 0 Å². The van der Waals surface area contributed by atoms with Gasteiger partial charge in [-0.15, -0.1) is 0 Å². The number of nitrogens with one attached hydrogen (secondary N) is 2. The van der Waals surface area contributed by atoms with E-state index >= 15 is 0 Å². The first-order valence-electron chi connectivity index (χ1n) is 21.7. The van der Waals surface area contributed by atoms with Gasteiger partial charge in [-0.1, -0.05) is 24.0 Å². The van der Waals surface area contributed by atoms with E-state index in [1.165, 1.54) is 10.7 Å². The van der Waals surface area contributed by atoms with Crippen molar-refractivity contribution in [2.24, 2.45) is 5.92 Å². The molecule has 4 aromatic heterocycles. The molecule has 8 heterocycles. The number of hydrogen-bond donors (Lipinski definition) is 2. The maximum atomic E-state index is 14.3. The van der Waals surface area contributed by atoms with E-state index in [0.29, 0.717) is 37.6 Å². The van der Waals surface area contributed by atoms with Crippen LogP contribution in [0.4, 0.5) is 20.3 Å². The molecule has 1 unspecified atom stereocenters. The van der Waals surface area contributed by atoms with Crippen molar-refractivity contribution in [1.29, 1.82) is 0 Å². The molecule has 322 valence electrons. The van der Waals surface area contributed by atoms with E-state index in [1.807, 2.05) is 24.3 Å². The molecule has 10 rings (SSSR count). The Hall–Kier alpha value is -5.83. The topological polar surface area (TPSA) is 161 Å². The van der Waals surface area contributed by atoms with Gasteiger partial charge in [0.05, 0.1) is 48.7 Å². The van der Waals surface area contributed by atoms with Crippen LogP contribution >= 0.6 is 0 Å². The molecule has 62 heavy (non-hydrogen) atoms. The molecule has 1 aliphatic carbocycles. The molecule has 0 spiro atoms. The van der Waals surface area contributed by atoms with Crippen LogP contribution in [-0.4, -0.2) is 110 Å². The summed E-state index contributed by atoms with van der Waals surface area (Å²) in [5.74, 6) is 6.14. The van der Waals surface area contributed by atoms with Crippen LogP contribution in [0.3, 0.4) is 0 Å². The Morgan fingerprint density at radius 3 is 2.65 bits per heavy atom. The second kappa shape index (κ2) is 17.1. The number of rotatable bonds is 10. The van der Waals surface area contributed by atoms with E-state index in [1.54, 1.807) is 29.5 Å². The first kappa shape index (κ1) is 40.3. The number of hydrogen-bond acceptors (Lipinski definition) is 11. The zero-order valence-electron chi connectivity index (χ0n) is 34.2. The number of piperidine rings is 2. The monoisotopic (exact) mass is 846 g/mol. The number of carbonyl (C=O) groups is 3. The van der Waals surface area contributed by atoms with Gasteiger partial charge in [-0.2, -0.15) is 10.2 Å². The summed E-state index contributed by atoms with van der Waals surface area (Å²) in [6.45, 7) is 4.56. The number of carbonyl (C=O) groups excluding carboxylic acids is 3. The molecule has 5 aliphatic rings. The summed E-state index contributed by atoms with van der Waals surface area (Å²) in [7, 11) is 0. The molecule has 2 bridgehead atoms. The number of pyridine rings is 1. The number of anilines is 2. The van der Waals surface area contributed by atoms with Gasteiger partial charge in [0, 0.05) is 68.3 Å². The fourth-order valence-corrected chi connectivity index (χ4v) is 10.0. The lowest BCUT2D eigenvalue weighted by Crippen LogP contribution is -2.40. The molecule has 17 heteroatoms. The largest absolute Gasteiger partial charge is 0.374 e. The SMILES string of the molecule is O=C1CCC(c2cncc3c(C#CCOC4CCN(CC5CCC(n6cc(NC(=O)c7cnn8ccc(N9C[C@H]%10C[C@@H]9CO%10)nc78)c(C(F)F)n6)CC5)CC4)cccc23)C(=O)N1. The molecular weight excluding hydrogens is 799 g/mol. The Bertz CT molecular complexity index is 2570. The summed E-state index contributed by atoms with van der Waals surface area (Å²) < 4.78 is 43.6. The van der Waals surface area contributed by atoms with Crippen molar-refractivity contribution < 1.29 is 32.6 Å². The minimum atomic E-state index is -2.85. The number of benzene rings is 1.